The number of amides is 1. The summed E-state index contributed by atoms with van der Waals surface area (Å²) in [6.07, 6.45) is 0.603. The quantitative estimate of drug-likeness (QED) is 0.724. The molecule has 0 radical (unpaired) electrons. The molecule has 0 saturated carbocycles. The molecule has 24 heavy (non-hydrogen) atoms. The van der Waals surface area contributed by atoms with Crippen LogP contribution in [0.2, 0.25) is 0 Å². The summed E-state index contributed by atoms with van der Waals surface area (Å²) >= 11 is 0. The minimum atomic E-state index is -0.492. The number of ether oxygens (including phenoxy) is 1. The molecule has 0 aliphatic carbocycles. The third-order valence-electron chi connectivity index (χ3n) is 3.40. The second-order valence-electron chi connectivity index (χ2n) is 5.19. The van der Waals surface area contributed by atoms with Gasteiger partial charge in [0.05, 0.1) is 5.52 Å². The van der Waals surface area contributed by atoms with Gasteiger partial charge in [0.1, 0.15) is 11.6 Å². The third kappa shape index (κ3) is 4.01. The SMILES string of the molecule is O=C(COc1ccc(F)cc1)NCCc1ccc2oc(=O)[nH]c2c1. The number of aromatic amines is 1. The summed E-state index contributed by atoms with van der Waals surface area (Å²) in [4.78, 5) is 25.4. The molecule has 0 bridgehead atoms. The highest BCUT2D eigenvalue weighted by atomic mass is 19.1. The summed E-state index contributed by atoms with van der Waals surface area (Å²) in [6, 6.07) is 10.8. The largest absolute Gasteiger partial charge is 0.484 e. The smallest absolute Gasteiger partial charge is 0.417 e. The average molecular weight is 330 g/mol. The molecule has 0 spiro atoms. The van der Waals surface area contributed by atoms with Gasteiger partial charge in [-0.15, -0.1) is 0 Å². The van der Waals surface area contributed by atoms with Crippen molar-refractivity contribution in [3.05, 3.63) is 64.4 Å². The van der Waals surface area contributed by atoms with Crippen molar-refractivity contribution in [3.63, 3.8) is 0 Å². The van der Waals surface area contributed by atoms with Crippen LogP contribution >= 0.6 is 0 Å². The van der Waals surface area contributed by atoms with Gasteiger partial charge in [-0.3, -0.25) is 9.78 Å². The molecule has 1 heterocycles. The molecular formula is C17H15FN2O4. The Morgan fingerprint density at radius 1 is 1.21 bits per heavy atom. The van der Waals surface area contributed by atoms with Gasteiger partial charge >= 0.3 is 5.76 Å². The Kier molecular flexibility index (Phi) is 4.60. The van der Waals surface area contributed by atoms with Crippen LogP contribution in [0, 0.1) is 5.82 Å². The molecule has 2 aromatic carbocycles. The van der Waals surface area contributed by atoms with E-state index in [0.717, 1.165) is 5.56 Å². The van der Waals surface area contributed by atoms with E-state index in [4.69, 9.17) is 9.15 Å². The number of benzene rings is 2. The van der Waals surface area contributed by atoms with E-state index in [0.29, 0.717) is 29.8 Å². The Bertz CT molecular complexity index is 899. The van der Waals surface area contributed by atoms with Crippen LogP contribution in [0.15, 0.2) is 51.7 Å². The lowest BCUT2D eigenvalue weighted by Crippen LogP contribution is -2.30. The molecule has 124 valence electrons. The standard InChI is InChI=1S/C17H15FN2O4/c18-12-2-4-13(5-3-12)23-10-16(21)19-8-7-11-1-6-15-14(9-11)20-17(22)24-15/h1-6,9H,7-8,10H2,(H,19,21)(H,20,22). The van der Waals surface area contributed by atoms with Crippen LogP contribution in [0.4, 0.5) is 4.39 Å². The van der Waals surface area contributed by atoms with Crippen LogP contribution in [0.3, 0.4) is 0 Å². The Labute approximate surface area is 136 Å². The first-order chi connectivity index (χ1) is 11.6. The van der Waals surface area contributed by atoms with Gasteiger partial charge in [0.15, 0.2) is 12.2 Å². The number of rotatable bonds is 6. The molecule has 2 N–H and O–H groups in total. The summed E-state index contributed by atoms with van der Waals surface area (Å²) in [5, 5.41) is 2.73. The number of H-pyrrole nitrogens is 1. The predicted octanol–water partition coefficient (Wildman–Crippen LogP) is 2.00. The maximum absolute atomic E-state index is 12.8. The number of halogens is 1. The van der Waals surface area contributed by atoms with Gasteiger partial charge in [-0.1, -0.05) is 6.07 Å². The summed E-state index contributed by atoms with van der Waals surface area (Å²) in [6.45, 7) is 0.291. The molecule has 0 saturated heterocycles. The van der Waals surface area contributed by atoms with Gasteiger partial charge in [-0.2, -0.15) is 0 Å². The Morgan fingerprint density at radius 3 is 2.79 bits per heavy atom. The van der Waals surface area contributed by atoms with E-state index in [1.54, 1.807) is 12.1 Å². The number of oxazole rings is 1. The number of carbonyl (C=O) groups is 1. The van der Waals surface area contributed by atoms with Crippen LogP contribution in [-0.4, -0.2) is 24.0 Å². The highest BCUT2D eigenvalue weighted by molar-refractivity contribution is 5.77. The first kappa shape index (κ1) is 15.8. The fraction of sp³-hybridized carbons (Fsp3) is 0.176. The van der Waals surface area contributed by atoms with Crippen molar-refractivity contribution in [3.8, 4) is 5.75 Å². The molecule has 1 aromatic heterocycles. The van der Waals surface area contributed by atoms with Crippen molar-refractivity contribution >= 4 is 17.0 Å². The number of fused-ring (bicyclic) bond motifs is 1. The summed E-state index contributed by atoms with van der Waals surface area (Å²) < 4.78 is 22.9. The molecule has 6 nitrogen and oxygen atoms in total. The van der Waals surface area contributed by atoms with Crippen LogP contribution in [0.1, 0.15) is 5.56 Å². The minimum Gasteiger partial charge on any atom is -0.484 e. The van der Waals surface area contributed by atoms with E-state index in [2.05, 4.69) is 10.3 Å². The van der Waals surface area contributed by atoms with Gasteiger partial charge < -0.3 is 14.5 Å². The lowest BCUT2D eigenvalue weighted by atomic mass is 10.1. The van der Waals surface area contributed by atoms with Gasteiger partial charge in [-0.25, -0.2) is 9.18 Å². The van der Waals surface area contributed by atoms with E-state index in [1.165, 1.54) is 24.3 Å². The maximum atomic E-state index is 12.8. The van der Waals surface area contributed by atoms with E-state index >= 15 is 0 Å². The fourth-order valence-corrected chi connectivity index (χ4v) is 2.23. The van der Waals surface area contributed by atoms with Crippen molar-refractivity contribution in [1.82, 2.24) is 10.3 Å². The molecule has 0 unspecified atom stereocenters. The van der Waals surface area contributed by atoms with Crippen molar-refractivity contribution in [2.24, 2.45) is 0 Å². The first-order valence-corrected chi connectivity index (χ1v) is 7.37. The molecule has 1 amide bonds. The highest BCUT2D eigenvalue weighted by Crippen LogP contribution is 2.12. The molecule has 3 rings (SSSR count). The zero-order chi connectivity index (χ0) is 16.9. The normalized spacial score (nSPS) is 10.7. The topological polar surface area (TPSA) is 84.3 Å². The first-order valence-electron chi connectivity index (χ1n) is 7.37. The fourth-order valence-electron chi connectivity index (χ4n) is 2.23. The van der Waals surface area contributed by atoms with E-state index in [9.17, 15) is 14.0 Å². The second kappa shape index (κ2) is 6.99. The molecule has 0 aliphatic rings. The van der Waals surface area contributed by atoms with Crippen LogP contribution in [0.25, 0.3) is 11.1 Å². The Morgan fingerprint density at radius 2 is 2.00 bits per heavy atom. The number of hydrogen-bond donors (Lipinski definition) is 2. The lowest BCUT2D eigenvalue weighted by molar-refractivity contribution is -0.123. The maximum Gasteiger partial charge on any atom is 0.417 e. The Hall–Kier alpha value is -3.09. The molecule has 7 heteroatoms. The lowest BCUT2D eigenvalue weighted by Gasteiger charge is -2.07. The highest BCUT2D eigenvalue weighted by Gasteiger charge is 2.05. The van der Waals surface area contributed by atoms with E-state index < -0.39 is 5.76 Å². The van der Waals surface area contributed by atoms with Crippen LogP contribution in [0.5, 0.6) is 5.75 Å². The zero-order valence-electron chi connectivity index (χ0n) is 12.7. The van der Waals surface area contributed by atoms with E-state index in [1.807, 2.05) is 6.07 Å². The number of hydrogen-bond acceptors (Lipinski definition) is 4. The zero-order valence-corrected chi connectivity index (χ0v) is 12.7. The predicted molar refractivity (Wildman–Crippen MR) is 85.4 cm³/mol. The summed E-state index contributed by atoms with van der Waals surface area (Å²) in [5.74, 6) is -0.686. The van der Waals surface area contributed by atoms with E-state index in [-0.39, 0.29) is 18.3 Å². The summed E-state index contributed by atoms with van der Waals surface area (Å²) in [7, 11) is 0. The molecule has 0 fully saturated rings. The third-order valence-corrected chi connectivity index (χ3v) is 3.40. The number of carbonyl (C=O) groups excluding carboxylic acids is 1. The van der Waals surface area contributed by atoms with Crippen molar-refractivity contribution < 1.29 is 18.3 Å². The van der Waals surface area contributed by atoms with Crippen LogP contribution < -0.4 is 15.8 Å². The summed E-state index contributed by atoms with van der Waals surface area (Å²) in [5.41, 5.74) is 2.09. The second-order valence-corrected chi connectivity index (χ2v) is 5.19. The molecular weight excluding hydrogens is 315 g/mol. The average Bonchev–Trinajstić information content (AvgIpc) is 2.93. The molecule has 0 atom stereocenters. The molecule has 3 aromatic rings. The molecule has 0 aliphatic heterocycles. The van der Waals surface area contributed by atoms with Crippen LogP contribution in [-0.2, 0) is 11.2 Å². The minimum absolute atomic E-state index is 0.139. The van der Waals surface area contributed by atoms with Gasteiger partial charge in [0.25, 0.3) is 5.91 Å². The Balaban J connectivity index is 1.45. The number of nitrogens with one attached hydrogen (secondary N) is 2. The monoisotopic (exact) mass is 330 g/mol. The van der Waals surface area contributed by atoms with Gasteiger partial charge in [0.2, 0.25) is 0 Å². The van der Waals surface area contributed by atoms with Crippen molar-refractivity contribution in [1.29, 1.82) is 0 Å². The van der Waals surface area contributed by atoms with Crippen molar-refractivity contribution in [2.45, 2.75) is 6.42 Å². The van der Waals surface area contributed by atoms with Gasteiger partial charge in [-0.05, 0) is 48.4 Å². The van der Waals surface area contributed by atoms with Gasteiger partial charge in [0, 0.05) is 6.54 Å². The number of aromatic nitrogens is 1. The van der Waals surface area contributed by atoms with Crippen molar-refractivity contribution in [2.75, 3.05) is 13.2 Å².